The predicted octanol–water partition coefficient (Wildman–Crippen LogP) is 2.50. The largest absolute Gasteiger partial charge is 0.345 e. The molecule has 0 aliphatic carbocycles. The Morgan fingerprint density at radius 2 is 2.26 bits per heavy atom. The van der Waals surface area contributed by atoms with Crippen molar-refractivity contribution in [1.29, 1.82) is 0 Å². The number of aromatic nitrogens is 3. The average Bonchev–Trinajstić information content (AvgIpc) is 2.92. The lowest BCUT2D eigenvalue weighted by molar-refractivity contribution is 0.0939. The quantitative estimate of drug-likeness (QED) is 0.939. The zero-order chi connectivity index (χ0) is 14.0. The SMILES string of the molecule is CC(C)n1cc(Br)cc1C(=O)NCc1ccnn1C. The van der Waals surface area contributed by atoms with Crippen LogP contribution in [0, 0.1) is 0 Å². The molecule has 2 aromatic heterocycles. The van der Waals surface area contributed by atoms with E-state index in [4.69, 9.17) is 0 Å². The third-order valence-electron chi connectivity index (χ3n) is 2.96. The van der Waals surface area contributed by atoms with E-state index in [2.05, 4.69) is 26.3 Å². The molecule has 0 atom stereocenters. The van der Waals surface area contributed by atoms with Gasteiger partial charge in [-0.15, -0.1) is 0 Å². The molecule has 0 bridgehead atoms. The van der Waals surface area contributed by atoms with Gasteiger partial charge in [0.25, 0.3) is 5.91 Å². The van der Waals surface area contributed by atoms with Crippen LogP contribution in [0.2, 0.25) is 0 Å². The lowest BCUT2D eigenvalue weighted by atomic mass is 10.3. The molecule has 0 fully saturated rings. The molecule has 6 heteroatoms. The minimum Gasteiger partial charge on any atom is -0.345 e. The molecule has 0 unspecified atom stereocenters. The van der Waals surface area contributed by atoms with Gasteiger partial charge < -0.3 is 9.88 Å². The number of carbonyl (C=O) groups excluding carboxylic acids is 1. The van der Waals surface area contributed by atoms with Crippen LogP contribution in [0.25, 0.3) is 0 Å². The summed E-state index contributed by atoms with van der Waals surface area (Å²) in [6.45, 7) is 4.56. The second kappa shape index (κ2) is 5.61. The van der Waals surface area contributed by atoms with E-state index < -0.39 is 0 Å². The number of amides is 1. The average molecular weight is 325 g/mol. The van der Waals surface area contributed by atoms with Crippen molar-refractivity contribution in [3.05, 3.63) is 40.4 Å². The smallest absolute Gasteiger partial charge is 0.268 e. The Morgan fingerprint density at radius 1 is 1.53 bits per heavy atom. The third kappa shape index (κ3) is 3.07. The topological polar surface area (TPSA) is 51.9 Å². The summed E-state index contributed by atoms with van der Waals surface area (Å²) < 4.78 is 4.60. The van der Waals surface area contributed by atoms with E-state index in [9.17, 15) is 4.79 Å². The van der Waals surface area contributed by atoms with Gasteiger partial charge in [-0.25, -0.2) is 0 Å². The van der Waals surface area contributed by atoms with Gasteiger partial charge in [0, 0.05) is 30.0 Å². The van der Waals surface area contributed by atoms with Crippen LogP contribution in [0.1, 0.15) is 36.1 Å². The summed E-state index contributed by atoms with van der Waals surface area (Å²) in [7, 11) is 1.86. The van der Waals surface area contributed by atoms with Crippen LogP contribution in [0.5, 0.6) is 0 Å². The molecule has 0 aromatic carbocycles. The van der Waals surface area contributed by atoms with Crippen molar-refractivity contribution in [2.45, 2.75) is 26.4 Å². The normalized spacial score (nSPS) is 11.0. The van der Waals surface area contributed by atoms with Gasteiger partial charge in [-0.3, -0.25) is 9.48 Å². The summed E-state index contributed by atoms with van der Waals surface area (Å²) >= 11 is 3.41. The lowest BCUT2D eigenvalue weighted by Gasteiger charge is -2.12. The molecule has 0 radical (unpaired) electrons. The number of carbonyl (C=O) groups is 1. The second-order valence-corrected chi connectivity index (χ2v) is 5.59. The molecule has 2 rings (SSSR count). The molecule has 19 heavy (non-hydrogen) atoms. The predicted molar refractivity (Wildman–Crippen MR) is 76.9 cm³/mol. The number of nitrogens with one attached hydrogen (secondary N) is 1. The summed E-state index contributed by atoms with van der Waals surface area (Å²) in [4.78, 5) is 12.2. The zero-order valence-corrected chi connectivity index (χ0v) is 12.8. The highest BCUT2D eigenvalue weighted by Crippen LogP contribution is 2.19. The standard InChI is InChI=1S/C13H17BrN4O/c1-9(2)18-8-10(14)6-12(18)13(19)15-7-11-4-5-16-17(11)3/h4-6,8-9H,7H2,1-3H3,(H,15,19). The molecular weight excluding hydrogens is 308 g/mol. The summed E-state index contributed by atoms with van der Waals surface area (Å²) in [6.07, 6.45) is 3.64. The van der Waals surface area contributed by atoms with Crippen LogP contribution in [0.15, 0.2) is 29.0 Å². The van der Waals surface area contributed by atoms with E-state index in [0.29, 0.717) is 12.2 Å². The molecule has 2 heterocycles. The highest BCUT2D eigenvalue weighted by Gasteiger charge is 2.15. The molecule has 102 valence electrons. The molecule has 2 aromatic rings. The maximum Gasteiger partial charge on any atom is 0.268 e. The van der Waals surface area contributed by atoms with E-state index in [1.807, 2.05) is 43.8 Å². The summed E-state index contributed by atoms with van der Waals surface area (Å²) in [5.74, 6) is -0.0828. The van der Waals surface area contributed by atoms with E-state index in [-0.39, 0.29) is 11.9 Å². The summed E-state index contributed by atoms with van der Waals surface area (Å²) in [6, 6.07) is 3.96. The molecule has 5 nitrogen and oxygen atoms in total. The van der Waals surface area contributed by atoms with Gasteiger partial charge in [-0.05, 0) is 41.9 Å². The number of hydrogen-bond acceptors (Lipinski definition) is 2. The van der Waals surface area contributed by atoms with Crippen LogP contribution in [-0.4, -0.2) is 20.3 Å². The van der Waals surface area contributed by atoms with Crippen molar-refractivity contribution >= 4 is 21.8 Å². The fraction of sp³-hybridized carbons (Fsp3) is 0.385. The molecule has 0 spiro atoms. The van der Waals surface area contributed by atoms with E-state index in [0.717, 1.165) is 10.2 Å². The molecule has 1 amide bonds. The van der Waals surface area contributed by atoms with Gasteiger partial charge in [0.15, 0.2) is 0 Å². The Bertz CT molecular complexity index is 585. The second-order valence-electron chi connectivity index (χ2n) is 4.67. The van der Waals surface area contributed by atoms with Crippen LogP contribution < -0.4 is 5.32 Å². The number of halogens is 1. The Morgan fingerprint density at radius 3 is 2.84 bits per heavy atom. The maximum absolute atomic E-state index is 12.2. The minimum atomic E-state index is -0.0828. The fourth-order valence-electron chi connectivity index (χ4n) is 1.89. The van der Waals surface area contributed by atoms with Crippen LogP contribution in [0.3, 0.4) is 0 Å². The summed E-state index contributed by atoms with van der Waals surface area (Å²) in [5.41, 5.74) is 1.62. The zero-order valence-electron chi connectivity index (χ0n) is 11.2. The van der Waals surface area contributed by atoms with E-state index in [1.54, 1.807) is 10.9 Å². The molecule has 0 saturated heterocycles. The van der Waals surface area contributed by atoms with Gasteiger partial charge in [0.1, 0.15) is 5.69 Å². The maximum atomic E-state index is 12.2. The third-order valence-corrected chi connectivity index (χ3v) is 3.39. The van der Waals surface area contributed by atoms with Crippen LogP contribution in [0.4, 0.5) is 0 Å². The van der Waals surface area contributed by atoms with Crippen molar-refractivity contribution in [2.24, 2.45) is 7.05 Å². The van der Waals surface area contributed by atoms with Crippen LogP contribution >= 0.6 is 15.9 Å². The number of aryl methyl sites for hydroxylation is 1. The van der Waals surface area contributed by atoms with Crippen molar-refractivity contribution < 1.29 is 4.79 Å². The highest BCUT2D eigenvalue weighted by molar-refractivity contribution is 9.10. The Kier molecular flexibility index (Phi) is 4.09. The van der Waals surface area contributed by atoms with Gasteiger partial charge in [0.05, 0.1) is 12.2 Å². The molecular formula is C13H17BrN4O. The first kappa shape index (κ1) is 13.9. The van der Waals surface area contributed by atoms with Crippen LogP contribution in [-0.2, 0) is 13.6 Å². The van der Waals surface area contributed by atoms with Crippen molar-refractivity contribution in [3.8, 4) is 0 Å². The summed E-state index contributed by atoms with van der Waals surface area (Å²) in [5, 5.41) is 6.98. The molecule has 0 saturated carbocycles. The Balaban J connectivity index is 2.10. The van der Waals surface area contributed by atoms with Gasteiger partial charge >= 0.3 is 0 Å². The van der Waals surface area contributed by atoms with Gasteiger partial charge in [0.2, 0.25) is 0 Å². The van der Waals surface area contributed by atoms with Crippen molar-refractivity contribution in [1.82, 2.24) is 19.7 Å². The van der Waals surface area contributed by atoms with Gasteiger partial charge in [-0.2, -0.15) is 5.10 Å². The number of nitrogens with zero attached hydrogens (tertiary/aromatic N) is 3. The first-order valence-electron chi connectivity index (χ1n) is 6.11. The molecule has 0 aliphatic rings. The van der Waals surface area contributed by atoms with Crippen molar-refractivity contribution in [3.63, 3.8) is 0 Å². The number of hydrogen-bond donors (Lipinski definition) is 1. The lowest BCUT2D eigenvalue weighted by Crippen LogP contribution is -2.26. The first-order valence-corrected chi connectivity index (χ1v) is 6.90. The minimum absolute atomic E-state index is 0.0828. The van der Waals surface area contributed by atoms with E-state index in [1.165, 1.54) is 0 Å². The molecule has 1 N–H and O–H groups in total. The van der Waals surface area contributed by atoms with E-state index >= 15 is 0 Å². The highest BCUT2D eigenvalue weighted by atomic mass is 79.9. The Labute approximate surface area is 120 Å². The van der Waals surface area contributed by atoms with Crippen molar-refractivity contribution in [2.75, 3.05) is 0 Å². The molecule has 0 aliphatic heterocycles. The monoisotopic (exact) mass is 324 g/mol. The van der Waals surface area contributed by atoms with Gasteiger partial charge in [-0.1, -0.05) is 0 Å². The first-order chi connectivity index (χ1) is 8.99. The number of rotatable bonds is 4. The Hall–Kier alpha value is -1.56. The fourth-order valence-corrected chi connectivity index (χ4v) is 2.33.